The number of allylic oxidation sites excluding steroid dienone is 2. The summed E-state index contributed by atoms with van der Waals surface area (Å²) in [6.45, 7) is 15.2. The van der Waals surface area contributed by atoms with Gasteiger partial charge >= 0.3 is 0 Å². The Bertz CT molecular complexity index is 2770. The van der Waals surface area contributed by atoms with Gasteiger partial charge in [-0.05, 0) is 90.9 Å². The summed E-state index contributed by atoms with van der Waals surface area (Å²) >= 11 is 0. The number of para-hydroxylation sites is 1. The number of hydrogen-bond donors (Lipinski definition) is 1. The summed E-state index contributed by atoms with van der Waals surface area (Å²) in [6, 6.07) is 41.6. The molecule has 5 aromatic carbocycles. The van der Waals surface area contributed by atoms with Gasteiger partial charge in [-0.25, -0.2) is 9.98 Å². The zero-order valence-electron chi connectivity index (χ0n) is 29.8. The fourth-order valence-corrected chi connectivity index (χ4v) is 7.25. The van der Waals surface area contributed by atoms with E-state index >= 15 is 0 Å². The van der Waals surface area contributed by atoms with Crippen molar-refractivity contribution in [3.63, 3.8) is 0 Å². The Balaban J connectivity index is 1.34. The maximum atomic E-state index is 5.06. The lowest BCUT2D eigenvalue weighted by Crippen LogP contribution is -2.31. The molecule has 5 nitrogen and oxygen atoms in total. The van der Waals surface area contributed by atoms with E-state index in [1.165, 1.54) is 16.3 Å². The van der Waals surface area contributed by atoms with Crippen molar-refractivity contribution in [3.05, 3.63) is 196 Å². The van der Waals surface area contributed by atoms with Gasteiger partial charge in [0.1, 0.15) is 0 Å². The molecule has 0 saturated carbocycles. The normalized spacial score (nSPS) is 14.5. The minimum absolute atomic E-state index is 0.470. The van der Waals surface area contributed by atoms with Crippen LogP contribution in [0.1, 0.15) is 46.0 Å². The van der Waals surface area contributed by atoms with Crippen molar-refractivity contribution in [2.45, 2.75) is 19.9 Å². The molecule has 1 N–H and O–H groups in total. The molecular weight excluding hydrogens is 647 g/mol. The van der Waals surface area contributed by atoms with Crippen molar-refractivity contribution in [2.24, 2.45) is 15.0 Å². The molecule has 0 amide bonds. The highest BCUT2D eigenvalue weighted by molar-refractivity contribution is 6.13. The molecule has 0 spiro atoms. The Morgan fingerprint density at radius 3 is 2.32 bits per heavy atom. The average molecular weight is 686 g/mol. The van der Waals surface area contributed by atoms with Crippen molar-refractivity contribution in [2.75, 3.05) is 0 Å². The van der Waals surface area contributed by atoms with Gasteiger partial charge in [0, 0.05) is 49.4 Å². The lowest BCUT2D eigenvalue weighted by molar-refractivity contribution is 1.01. The molecular formula is C48H39N5. The van der Waals surface area contributed by atoms with E-state index in [-0.39, 0.29) is 0 Å². The summed E-state index contributed by atoms with van der Waals surface area (Å²) in [7, 11) is 0. The predicted octanol–water partition coefficient (Wildman–Crippen LogP) is 9.60. The highest BCUT2D eigenvalue weighted by Crippen LogP contribution is 2.30. The fraction of sp³-hybridized carbons (Fsp3) is 0.0625. The molecule has 53 heavy (non-hydrogen) atoms. The first-order chi connectivity index (χ1) is 26.0. The van der Waals surface area contributed by atoms with Gasteiger partial charge in [0.25, 0.3) is 0 Å². The third-order valence-corrected chi connectivity index (χ3v) is 9.69. The third kappa shape index (κ3) is 6.45. The van der Waals surface area contributed by atoms with Crippen LogP contribution in [0.3, 0.4) is 0 Å². The summed E-state index contributed by atoms with van der Waals surface area (Å²) in [4.78, 5) is 18.0. The van der Waals surface area contributed by atoms with E-state index in [2.05, 4.69) is 132 Å². The van der Waals surface area contributed by atoms with Gasteiger partial charge in [0.05, 0.1) is 17.6 Å². The standard InChI is InChI=1S/C48H39N5/c1-5-16-45-39(6-2)42-29-37-30-44-41(40-23-13-14-24-43(40)51-44)28-36(37)25-32(3)26-46(42)53(45)38-22-15-21-35(27-38)48(50-31-33-17-9-7-10-18-33)52-47(49-4)34-19-11-8-12-20-34/h5-24,26-30,51H,2-4,25,31H2,1H3/b16-5-,42-29-,46-26+,50-48?,52-47?. The smallest absolute Gasteiger partial charge is 0.161 e. The second-order valence-corrected chi connectivity index (χ2v) is 13.2. The van der Waals surface area contributed by atoms with E-state index in [9.17, 15) is 0 Å². The summed E-state index contributed by atoms with van der Waals surface area (Å²) < 4.78 is 2.30. The molecule has 0 saturated heterocycles. The Labute approximate surface area is 309 Å². The Morgan fingerprint density at radius 1 is 0.792 bits per heavy atom. The minimum Gasteiger partial charge on any atom is -0.354 e. The van der Waals surface area contributed by atoms with Crippen LogP contribution in [0.5, 0.6) is 0 Å². The first-order valence-corrected chi connectivity index (χ1v) is 17.8. The van der Waals surface area contributed by atoms with Crippen LogP contribution in [-0.2, 0) is 13.0 Å². The maximum absolute atomic E-state index is 5.06. The number of hydrogen-bond acceptors (Lipinski definition) is 1. The van der Waals surface area contributed by atoms with Gasteiger partial charge in [-0.3, -0.25) is 4.99 Å². The van der Waals surface area contributed by atoms with Gasteiger partial charge in [0.2, 0.25) is 0 Å². The average Bonchev–Trinajstić information content (AvgIpc) is 3.68. The molecule has 0 bridgehead atoms. The Morgan fingerprint density at radius 2 is 1.55 bits per heavy atom. The number of benzene rings is 5. The van der Waals surface area contributed by atoms with E-state index in [0.717, 1.165) is 72.8 Å². The number of amidine groups is 2. The summed E-state index contributed by atoms with van der Waals surface area (Å²) in [5.41, 5.74) is 11.6. The summed E-state index contributed by atoms with van der Waals surface area (Å²) in [5.74, 6) is 1.09. The number of H-pyrrole nitrogens is 1. The molecule has 2 heterocycles. The Kier molecular flexibility index (Phi) is 9.05. The summed E-state index contributed by atoms with van der Waals surface area (Å²) in [6.07, 6.45) is 11.4. The molecule has 7 aromatic rings. The van der Waals surface area contributed by atoms with Crippen LogP contribution in [0.15, 0.2) is 161 Å². The zero-order chi connectivity index (χ0) is 36.3. The van der Waals surface area contributed by atoms with Crippen molar-refractivity contribution < 1.29 is 0 Å². The zero-order valence-corrected chi connectivity index (χ0v) is 29.8. The quantitative estimate of drug-likeness (QED) is 0.128. The van der Waals surface area contributed by atoms with Crippen LogP contribution < -0.4 is 10.6 Å². The highest BCUT2D eigenvalue weighted by Gasteiger charge is 2.18. The summed E-state index contributed by atoms with van der Waals surface area (Å²) in [5, 5.41) is 4.59. The topological polar surface area (TPSA) is 57.8 Å². The molecule has 5 heteroatoms. The maximum Gasteiger partial charge on any atom is 0.161 e. The van der Waals surface area contributed by atoms with Crippen LogP contribution in [0.25, 0.3) is 51.8 Å². The molecule has 2 aromatic heterocycles. The molecule has 0 fully saturated rings. The van der Waals surface area contributed by atoms with E-state index in [4.69, 9.17) is 9.98 Å². The van der Waals surface area contributed by atoms with Gasteiger partial charge < -0.3 is 9.55 Å². The molecule has 1 aliphatic rings. The predicted molar refractivity (Wildman–Crippen MR) is 226 cm³/mol. The van der Waals surface area contributed by atoms with Gasteiger partial charge in [-0.15, -0.1) is 0 Å². The Hall–Kier alpha value is -6.85. The van der Waals surface area contributed by atoms with Crippen LogP contribution in [0, 0.1) is 0 Å². The van der Waals surface area contributed by atoms with Crippen LogP contribution in [-0.4, -0.2) is 27.9 Å². The molecule has 0 aliphatic heterocycles. The van der Waals surface area contributed by atoms with Crippen molar-refractivity contribution in [1.82, 2.24) is 9.55 Å². The number of aromatic nitrogens is 2. The monoisotopic (exact) mass is 685 g/mol. The van der Waals surface area contributed by atoms with Crippen molar-refractivity contribution in [3.8, 4) is 5.69 Å². The van der Waals surface area contributed by atoms with E-state index in [0.29, 0.717) is 18.2 Å². The SMILES string of the molecule is C=Cc1c(/C=C\C)n(-c2cccc(C(=NCc3ccccc3)N=C(N=C)c3ccccc3)c2)c2/c1=C\c1cc3[nH]c4ccccc4c3cc1CC(=C)\C=2. The number of aromatic amines is 1. The van der Waals surface area contributed by atoms with E-state index in [1.54, 1.807) is 0 Å². The molecule has 0 unspecified atom stereocenters. The van der Waals surface area contributed by atoms with Crippen molar-refractivity contribution in [1.29, 1.82) is 0 Å². The van der Waals surface area contributed by atoms with E-state index < -0.39 is 0 Å². The van der Waals surface area contributed by atoms with Crippen LogP contribution in [0.2, 0.25) is 0 Å². The van der Waals surface area contributed by atoms with Gasteiger partial charge in [-0.2, -0.15) is 0 Å². The van der Waals surface area contributed by atoms with Gasteiger partial charge in [-0.1, -0.05) is 116 Å². The first kappa shape index (κ1) is 33.3. The first-order valence-electron chi connectivity index (χ1n) is 17.8. The second-order valence-electron chi connectivity index (χ2n) is 13.2. The molecule has 0 atom stereocenters. The number of nitrogens with one attached hydrogen (secondary N) is 1. The highest BCUT2D eigenvalue weighted by atomic mass is 15.0. The lowest BCUT2D eigenvalue weighted by atomic mass is 9.94. The largest absolute Gasteiger partial charge is 0.354 e. The number of fused-ring (bicyclic) bond motifs is 5. The molecule has 0 radical (unpaired) electrons. The van der Waals surface area contributed by atoms with Crippen molar-refractivity contribution >= 4 is 64.5 Å². The number of rotatable bonds is 7. The van der Waals surface area contributed by atoms with Crippen LogP contribution >= 0.6 is 0 Å². The number of nitrogens with zero attached hydrogens (tertiary/aromatic N) is 4. The molecule has 256 valence electrons. The number of aliphatic imine (C=N–C) groups is 3. The second kappa shape index (κ2) is 14.4. The van der Waals surface area contributed by atoms with E-state index in [1.807, 2.05) is 61.5 Å². The van der Waals surface area contributed by atoms with Gasteiger partial charge in [0.15, 0.2) is 11.7 Å². The minimum atomic E-state index is 0.470. The molecule has 8 rings (SSSR count). The third-order valence-electron chi connectivity index (χ3n) is 9.69. The lowest BCUT2D eigenvalue weighted by Gasteiger charge is -2.13. The fourth-order valence-electron chi connectivity index (χ4n) is 7.25. The molecule has 1 aliphatic carbocycles. The van der Waals surface area contributed by atoms with Crippen LogP contribution in [0.4, 0.5) is 0 Å².